The molecule has 88 valence electrons. The Balaban J connectivity index is 1.92. The summed E-state index contributed by atoms with van der Waals surface area (Å²) in [5.74, 6) is 1.79. The molecule has 0 heterocycles. The highest BCUT2D eigenvalue weighted by atomic mass is 16.3. The molecule has 0 spiro atoms. The van der Waals surface area contributed by atoms with Crippen LogP contribution in [0.1, 0.15) is 44.9 Å². The molecule has 2 rings (SSSR count). The topological polar surface area (TPSA) is 23.5 Å². The first-order valence-corrected chi connectivity index (χ1v) is 6.53. The summed E-state index contributed by atoms with van der Waals surface area (Å²) in [6, 6.07) is 0.784. The van der Waals surface area contributed by atoms with Gasteiger partial charge in [-0.1, -0.05) is 6.42 Å². The van der Waals surface area contributed by atoms with E-state index in [0.717, 1.165) is 30.7 Å². The quantitative estimate of drug-likeness (QED) is 0.774. The first kappa shape index (κ1) is 11.4. The van der Waals surface area contributed by atoms with Crippen molar-refractivity contribution in [1.29, 1.82) is 0 Å². The van der Waals surface area contributed by atoms with E-state index in [2.05, 4.69) is 19.0 Å². The van der Waals surface area contributed by atoms with Gasteiger partial charge in [-0.3, -0.25) is 0 Å². The predicted octanol–water partition coefficient (Wildman–Crippen LogP) is 2.27. The highest BCUT2D eigenvalue weighted by Crippen LogP contribution is 2.39. The molecule has 0 radical (unpaired) electrons. The first-order chi connectivity index (χ1) is 7.18. The summed E-state index contributed by atoms with van der Waals surface area (Å²) in [6.45, 7) is 0. The molecule has 1 atom stereocenters. The average Bonchev–Trinajstić information content (AvgIpc) is 2.12. The monoisotopic (exact) mass is 211 g/mol. The highest BCUT2D eigenvalue weighted by molar-refractivity contribution is 4.89. The van der Waals surface area contributed by atoms with Crippen molar-refractivity contribution in [2.75, 3.05) is 14.1 Å². The molecule has 0 aromatic carbocycles. The Morgan fingerprint density at radius 3 is 1.87 bits per heavy atom. The van der Waals surface area contributed by atoms with Crippen LogP contribution < -0.4 is 0 Å². The summed E-state index contributed by atoms with van der Waals surface area (Å²) in [5, 5.41) is 9.54. The third kappa shape index (κ3) is 2.54. The number of aliphatic hydroxyl groups excluding tert-OH is 1. The maximum Gasteiger partial charge on any atom is 0.0540 e. The molecule has 0 bridgehead atoms. The molecule has 2 saturated carbocycles. The van der Waals surface area contributed by atoms with Crippen LogP contribution in [-0.4, -0.2) is 36.2 Å². The SMILES string of the molecule is CN(C)C(C1CCC1)C1CCC(O)CC1. The van der Waals surface area contributed by atoms with Crippen molar-refractivity contribution in [3.8, 4) is 0 Å². The molecule has 2 fully saturated rings. The molecule has 2 aliphatic rings. The van der Waals surface area contributed by atoms with Gasteiger partial charge in [0, 0.05) is 6.04 Å². The molecule has 0 aliphatic heterocycles. The van der Waals surface area contributed by atoms with Crippen LogP contribution >= 0.6 is 0 Å². The van der Waals surface area contributed by atoms with E-state index in [0.29, 0.717) is 0 Å². The minimum Gasteiger partial charge on any atom is -0.393 e. The van der Waals surface area contributed by atoms with E-state index in [1.807, 2.05) is 0 Å². The average molecular weight is 211 g/mol. The molecule has 0 aromatic heterocycles. The van der Waals surface area contributed by atoms with Crippen LogP contribution in [0.2, 0.25) is 0 Å². The lowest BCUT2D eigenvalue weighted by molar-refractivity contribution is 0.0369. The van der Waals surface area contributed by atoms with E-state index in [1.165, 1.54) is 32.1 Å². The Morgan fingerprint density at radius 1 is 0.933 bits per heavy atom. The lowest BCUT2D eigenvalue weighted by Crippen LogP contribution is -2.45. The molecule has 0 aromatic rings. The first-order valence-electron chi connectivity index (χ1n) is 6.53. The number of nitrogens with zero attached hydrogens (tertiary/aromatic N) is 1. The maximum atomic E-state index is 9.54. The van der Waals surface area contributed by atoms with Gasteiger partial charge in [0.2, 0.25) is 0 Å². The van der Waals surface area contributed by atoms with Crippen molar-refractivity contribution in [3.63, 3.8) is 0 Å². The standard InChI is InChI=1S/C13H25NO/c1-14(2)13(10-4-3-5-10)11-6-8-12(15)9-7-11/h10-13,15H,3-9H2,1-2H3. The summed E-state index contributed by atoms with van der Waals surface area (Å²) in [4.78, 5) is 2.44. The van der Waals surface area contributed by atoms with Gasteiger partial charge in [-0.05, 0) is 64.5 Å². The van der Waals surface area contributed by atoms with Gasteiger partial charge in [0.25, 0.3) is 0 Å². The summed E-state index contributed by atoms with van der Waals surface area (Å²) in [6.07, 6.45) is 8.82. The maximum absolute atomic E-state index is 9.54. The van der Waals surface area contributed by atoms with Crippen molar-refractivity contribution in [3.05, 3.63) is 0 Å². The second-order valence-corrected chi connectivity index (χ2v) is 5.71. The van der Waals surface area contributed by atoms with E-state index >= 15 is 0 Å². The van der Waals surface area contributed by atoms with Gasteiger partial charge in [0.05, 0.1) is 6.10 Å². The van der Waals surface area contributed by atoms with Crippen LogP contribution in [0.5, 0.6) is 0 Å². The van der Waals surface area contributed by atoms with Gasteiger partial charge < -0.3 is 10.0 Å². The second-order valence-electron chi connectivity index (χ2n) is 5.71. The van der Waals surface area contributed by atoms with Crippen molar-refractivity contribution in [2.45, 2.75) is 57.1 Å². The molecule has 2 nitrogen and oxygen atoms in total. The molecule has 1 N–H and O–H groups in total. The van der Waals surface area contributed by atoms with Crippen LogP contribution in [0.15, 0.2) is 0 Å². The number of aliphatic hydroxyl groups is 1. The fourth-order valence-corrected chi connectivity index (χ4v) is 3.45. The molecule has 0 saturated heterocycles. The second kappa shape index (κ2) is 4.84. The molecule has 0 amide bonds. The largest absolute Gasteiger partial charge is 0.393 e. The van der Waals surface area contributed by atoms with Crippen LogP contribution in [0.3, 0.4) is 0 Å². The zero-order valence-corrected chi connectivity index (χ0v) is 10.2. The van der Waals surface area contributed by atoms with Crippen molar-refractivity contribution < 1.29 is 5.11 Å². The van der Waals surface area contributed by atoms with Gasteiger partial charge in [-0.15, -0.1) is 0 Å². The molecule has 2 aliphatic carbocycles. The van der Waals surface area contributed by atoms with Crippen molar-refractivity contribution in [2.24, 2.45) is 11.8 Å². The fraction of sp³-hybridized carbons (Fsp3) is 1.00. The van der Waals surface area contributed by atoms with E-state index < -0.39 is 0 Å². The summed E-state index contributed by atoms with van der Waals surface area (Å²) < 4.78 is 0. The van der Waals surface area contributed by atoms with Gasteiger partial charge in [0.15, 0.2) is 0 Å². The Hall–Kier alpha value is -0.0800. The van der Waals surface area contributed by atoms with Gasteiger partial charge in [-0.25, -0.2) is 0 Å². The Kier molecular flexibility index (Phi) is 3.68. The predicted molar refractivity (Wildman–Crippen MR) is 62.8 cm³/mol. The van der Waals surface area contributed by atoms with E-state index in [1.54, 1.807) is 0 Å². The van der Waals surface area contributed by atoms with E-state index in [4.69, 9.17) is 0 Å². The molecule has 2 heteroatoms. The van der Waals surface area contributed by atoms with Crippen LogP contribution in [0, 0.1) is 11.8 Å². The molecular formula is C13H25NO. The fourth-order valence-electron chi connectivity index (χ4n) is 3.45. The highest BCUT2D eigenvalue weighted by Gasteiger charge is 2.36. The Bertz CT molecular complexity index is 193. The van der Waals surface area contributed by atoms with Crippen molar-refractivity contribution >= 4 is 0 Å². The lowest BCUT2D eigenvalue weighted by Gasteiger charge is -2.44. The number of rotatable bonds is 3. The summed E-state index contributed by atoms with van der Waals surface area (Å²) >= 11 is 0. The minimum absolute atomic E-state index is 0.00884. The molecular weight excluding hydrogens is 186 g/mol. The third-order valence-electron chi connectivity index (χ3n) is 4.45. The van der Waals surface area contributed by atoms with Gasteiger partial charge >= 0.3 is 0 Å². The minimum atomic E-state index is -0.00884. The number of hydrogen-bond donors (Lipinski definition) is 1. The van der Waals surface area contributed by atoms with Crippen molar-refractivity contribution in [1.82, 2.24) is 4.90 Å². The lowest BCUT2D eigenvalue weighted by atomic mass is 9.70. The smallest absolute Gasteiger partial charge is 0.0540 e. The van der Waals surface area contributed by atoms with E-state index in [-0.39, 0.29) is 6.10 Å². The molecule has 1 unspecified atom stereocenters. The van der Waals surface area contributed by atoms with Gasteiger partial charge in [-0.2, -0.15) is 0 Å². The summed E-state index contributed by atoms with van der Waals surface area (Å²) in [7, 11) is 4.46. The Morgan fingerprint density at radius 2 is 1.47 bits per heavy atom. The van der Waals surface area contributed by atoms with Gasteiger partial charge in [0.1, 0.15) is 0 Å². The zero-order valence-electron chi connectivity index (χ0n) is 10.2. The van der Waals surface area contributed by atoms with E-state index in [9.17, 15) is 5.11 Å². The molecule has 15 heavy (non-hydrogen) atoms. The zero-order chi connectivity index (χ0) is 10.8. The third-order valence-corrected chi connectivity index (χ3v) is 4.45. The normalized spacial score (nSPS) is 35.2. The van der Waals surface area contributed by atoms with Crippen LogP contribution in [-0.2, 0) is 0 Å². The van der Waals surface area contributed by atoms with Crippen LogP contribution in [0.4, 0.5) is 0 Å². The summed E-state index contributed by atoms with van der Waals surface area (Å²) in [5.41, 5.74) is 0. The Labute approximate surface area is 93.7 Å². The van der Waals surface area contributed by atoms with Crippen LogP contribution in [0.25, 0.3) is 0 Å². The number of hydrogen-bond acceptors (Lipinski definition) is 2.